The van der Waals surface area contributed by atoms with Crippen LogP contribution in [0.25, 0.3) is 0 Å². The molecule has 94 valence electrons. The number of hydrogen-bond acceptors (Lipinski definition) is 3. The summed E-state index contributed by atoms with van der Waals surface area (Å²) in [5.41, 5.74) is 0. The Morgan fingerprint density at radius 1 is 1.25 bits per heavy atom. The minimum atomic E-state index is 0.565. The maximum absolute atomic E-state index is 5.93. The van der Waals surface area contributed by atoms with E-state index in [1.165, 1.54) is 25.7 Å². The number of nitrogens with zero attached hydrogens (tertiary/aromatic N) is 1. The average Bonchev–Trinajstić information content (AvgIpc) is 2.76. The third-order valence-electron chi connectivity index (χ3n) is 3.93. The molecule has 1 heterocycles. The summed E-state index contributed by atoms with van der Waals surface area (Å²) in [7, 11) is 0. The van der Waals surface area contributed by atoms with Gasteiger partial charge in [0.15, 0.2) is 0 Å². The molecule has 2 fully saturated rings. The second-order valence-electron chi connectivity index (χ2n) is 5.43. The molecule has 0 spiro atoms. The maximum atomic E-state index is 5.93. The van der Waals surface area contributed by atoms with Crippen molar-refractivity contribution in [3.63, 3.8) is 0 Å². The topological polar surface area (TPSA) is 24.5 Å². The van der Waals surface area contributed by atoms with Gasteiger partial charge in [-0.15, -0.1) is 0 Å². The van der Waals surface area contributed by atoms with Crippen molar-refractivity contribution in [3.8, 4) is 0 Å². The Labute approximate surface area is 99.5 Å². The van der Waals surface area contributed by atoms with Gasteiger partial charge >= 0.3 is 0 Å². The molecule has 2 aliphatic rings. The zero-order valence-electron chi connectivity index (χ0n) is 10.7. The van der Waals surface area contributed by atoms with Gasteiger partial charge in [-0.2, -0.15) is 0 Å². The van der Waals surface area contributed by atoms with E-state index in [-0.39, 0.29) is 0 Å². The molecule has 2 unspecified atom stereocenters. The molecule has 0 bridgehead atoms. The second-order valence-corrected chi connectivity index (χ2v) is 5.43. The average molecular weight is 226 g/mol. The van der Waals surface area contributed by atoms with E-state index in [1.54, 1.807) is 0 Å². The van der Waals surface area contributed by atoms with Crippen LogP contribution < -0.4 is 5.32 Å². The summed E-state index contributed by atoms with van der Waals surface area (Å²) in [6.45, 7) is 8.86. The van der Waals surface area contributed by atoms with E-state index in [0.29, 0.717) is 18.2 Å². The van der Waals surface area contributed by atoms with E-state index >= 15 is 0 Å². The summed E-state index contributed by atoms with van der Waals surface area (Å²) in [6.07, 6.45) is 5.87. The molecular formula is C13H26N2O. The Morgan fingerprint density at radius 2 is 2.00 bits per heavy atom. The fourth-order valence-corrected chi connectivity index (χ4v) is 2.80. The zero-order chi connectivity index (χ0) is 11.4. The molecule has 16 heavy (non-hydrogen) atoms. The molecule has 0 aromatic rings. The van der Waals surface area contributed by atoms with Crippen LogP contribution in [0.2, 0.25) is 0 Å². The molecule has 1 saturated heterocycles. The Kier molecular flexibility index (Phi) is 4.62. The Balaban J connectivity index is 1.63. The zero-order valence-corrected chi connectivity index (χ0v) is 10.7. The highest BCUT2D eigenvalue weighted by atomic mass is 16.5. The molecule has 0 aromatic carbocycles. The monoisotopic (exact) mass is 226 g/mol. The third-order valence-corrected chi connectivity index (χ3v) is 3.93. The van der Waals surface area contributed by atoms with E-state index in [0.717, 1.165) is 26.2 Å². The van der Waals surface area contributed by atoms with Gasteiger partial charge in [0.25, 0.3) is 0 Å². The van der Waals surface area contributed by atoms with E-state index in [2.05, 4.69) is 24.1 Å². The SMILES string of the molecule is CC1CN(CCOC2CCCC2)C(C)CN1. The van der Waals surface area contributed by atoms with Crippen LogP contribution in [0.4, 0.5) is 0 Å². The molecule has 0 aromatic heterocycles. The summed E-state index contributed by atoms with van der Waals surface area (Å²) < 4.78 is 5.93. The molecular weight excluding hydrogens is 200 g/mol. The fraction of sp³-hybridized carbons (Fsp3) is 1.00. The van der Waals surface area contributed by atoms with Crippen LogP contribution in [0.5, 0.6) is 0 Å². The van der Waals surface area contributed by atoms with Gasteiger partial charge in [-0.25, -0.2) is 0 Å². The molecule has 0 amide bonds. The predicted octanol–water partition coefficient (Wildman–Crippen LogP) is 1.63. The van der Waals surface area contributed by atoms with Crippen molar-refractivity contribution in [2.75, 3.05) is 26.2 Å². The van der Waals surface area contributed by atoms with Gasteiger partial charge in [0, 0.05) is 31.7 Å². The Hall–Kier alpha value is -0.120. The highest BCUT2D eigenvalue weighted by molar-refractivity contribution is 4.81. The van der Waals surface area contributed by atoms with Crippen LogP contribution >= 0.6 is 0 Å². The van der Waals surface area contributed by atoms with E-state index < -0.39 is 0 Å². The van der Waals surface area contributed by atoms with Crippen molar-refractivity contribution in [2.24, 2.45) is 0 Å². The van der Waals surface area contributed by atoms with Crippen molar-refractivity contribution >= 4 is 0 Å². The van der Waals surface area contributed by atoms with Crippen LogP contribution in [0.1, 0.15) is 39.5 Å². The van der Waals surface area contributed by atoms with Gasteiger partial charge in [0.2, 0.25) is 0 Å². The van der Waals surface area contributed by atoms with E-state index in [4.69, 9.17) is 4.74 Å². The van der Waals surface area contributed by atoms with Crippen molar-refractivity contribution in [1.29, 1.82) is 0 Å². The van der Waals surface area contributed by atoms with Crippen LogP contribution in [-0.2, 0) is 4.74 Å². The molecule has 1 aliphatic carbocycles. The van der Waals surface area contributed by atoms with Gasteiger partial charge in [-0.05, 0) is 26.7 Å². The normalized spacial score (nSPS) is 33.4. The highest BCUT2D eigenvalue weighted by Gasteiger charge is 2.22. The summed E-state index contributed by atoms with van der Waals surface area (Å²) in [4.78, 5) is 2.55. The largest absolute Gasteiger partial charge is 0.377 e. The summed E-state index contributed by atoms with van der Waals surface area (Å²) in [6, 6.07) is 1.28. The lowest BCUT2D eigenvalue weighted by molar-refractivity contribution is 0.0273. The maximum Gasteiger partial charge on any atom is 0.0597 e. The van der Waals surface area contributed by atoms with Gasteiger partial charge in [-0.1, -0.05) is 12.8 Å². The summed E-state index contributed by atoms with van der Waals surface area (Å²) in [5.74, 6) is 0. The smallest absolute Gasteiger partial charge is 0.0597 e. The molecule has 1 N–H and O–H groups in total. The Bertz CT molecular complexity index is 204. The van der Waals surface area contributed by atoms with Crippen LogP contribution in [0, 0.1) is 0 Å². The lowest BCUT2D eigenvalue weighted by atomic mass is 10.1. The van der Waals surface area contributed by atoms with Crippen molar-refractivity contribution in [1.82, 2.24) is 10.2 Å². The standard InChI is InChI=1S/C13H26N2O/c1-11-10-15(12(2)9-14-11)7-8-16-13-5-3-4-6-13/h11-14H,3-10H2,1-2H3. The van der Waals surface area contributed by atoms with Gasteiger partial charge in [0.05, 0.1) is 12.7 Å². The van der Waals surface area contributed by atoms with Crippen LogP contribution in [-0.4, -0.2) is 49.3 Å². The minimum absolute atomic E-state index is 0.565. The number of rotatable bonds is 4. The molecule has 1 aliphatic heterocycles. The first-order valence-electron chi connectivity index (χ1n) is 6.84. The van der Waals surface area contributed by atoms with E-state index in [9.17, 15) is 0 Å². The lowest BCUT2D eigenvalue weighted by Crippen LogP contribution is -2.55. The first kappa shape index (κ1) is 12.3. The molecule has 2 rings (SSSR count). The van der Waals surface area contributed by atoms with Crippen molar-refractivity contribution < 1.29 is 4.74 Å². The number of piperazine rings is 1. The van der Waals surface area contributed by atoms with Gasteiger partial charge in [-0.3, -0.25) is 4.90 Å². The molecule has 3 heteroatoms. The van der Waals surface area contributed by atoms with Crippen molar-refractivity contribution in [3.05, 3.63) is 0 Å². The fourth-order valence-electron chi connectivity index (χ4n) is 2.80. The van der Waals surface area contributed by atoms with Crippen molar-refractivity contribution in [2.45, 2.75) is 57.7 Å². The summed E-state index contributed by atoms with van der Waals surface area (Å²) >= 11 is 0. The first-order valence-corrected chi connectivity index (χ1v) is 6.84. The second kappa shape index (κ2) is 5.99. The number of nitrogens with one attached hydrogen (secondary N) is 1. The third kappa shape index (κ3) is 3.44. The number of ether oxygens (including phenoxy) is 1. The van der Waals surface area contributed by atoms with Crippen LogP contribution in [0.15, 0.2) is 0 Å². The predicted molar refractivity (Wildman–Crippen MR) is 66.7 cm³/mol. The van der Waals surface area contributed by atoms with Gasteiger partial charge < -0.3 is 10.1 Å². The Morgan fingerprint density at radius 3 is 2.75 bits per heavy atom. The number of hydrogen-bond donors (Lipinski definition) is 1. The quantitative estimate of drug-likeness (QED) is 0.788. The molecule has 1 saturated carbocycles. The first-order chi connectivity index (χ1) is 7.75. The summed E-state index contributed by atoms with van der Waals surface area (Å²) in [5, 5.41) is 3.51. The van der Waals surface area contributed by atoms with E-state index in [1.807, 2.05) is 0 Å². The van der Waals surface area contributed by atoms with Gasteiger partial charge in [0.1, 0.15) is 0 Å². The molecule has 3 nitrogen and oxygen atoms in total. The van der Waals surface area contributed by atoms with Crippen LogP contribution in [0.3, 0.4) is 0 Å². The molecule has 2 atom stereocenters. The lowest BCUT2D eigenvalue weighted by Gasteiger charge is -2.37. The highest BCUT2D eigenvalue weighted by Crippen LogP contribution is 2.20. The minimum Gasteiger partial charge on any atom is -0.377 e. The molecule has 0 radical (unpaired) electrons.